The van der Waals surface area contributed by atoms with Crippen LogP contribution in [0.25, 0.3) is 0 Å². The SMILES string of the molecule is CCCCCC(=O)C1CCCC1(N)C(=O)OC. The van der Waals surface area contributed by atoms with E-state index in [1.165, 1.54) is 7.11 Å². The lowest BCUT2D eigenvalue weighted by molar-refractivity contribution is -0.151. The Balaban J connectivity index is 2.62. The molecule has 0 radical (unpaired) electrons. The van der Waals surface area contributed by atoms with Crippen molar-refractivity contribution in [1.29, 1.82) is 0 Å². The van der Waals surface area contributed by atoms with Crippen LogP contribution in [0.2, 0.25) is 0 Å². The lowest BCUT2D eigenvalue weighted by Crippen LogP contribution is -2.54. The fraction of sp³-hybridized carbons (Fsp3) is 0.846. The van der Waals surface area contributed by atoms with Crippen molar-refractivity contribution in [1.82, 2.24) is 0 Å². The molecule has 1 fully saturated rings. The number of carbonyl (C=O) groups excluding carboxylic acids is 2. The molecule has 0 aromatic carbocycles. The summed E-state index contributed by atoms with van der Waals surface area (Å²) in [5.41, 5.74) is 5.00. The minimum absolute atomic E-state index is 0.129. The van der Waals surface area contributed by atoms with Gasteiger partial charge in [-0.3, -0.25) is 9.59 Å². The summed E-state index contributed by atoms with van der Waals surface area (Å²) in [5, 5.41) is 0. The molecule has 0 aromatic heterocycles. The summed E-state index contributed by atoms with van der Waals surface area (Å²) in [6, 6.07) is 0. The molecule has 0 spiro atoms. The van der Waals surface area contributed by atoms with Gasteiger partial charge in [0.2, 0.25) is 0 Å². The van der Waals surface area contributed by atoms with E-state index >= 15 is 0 Å². The molecular weight excluding hydrogens is 218 g/mol. The molecule has 1 aliphatic carbocycles. The van der Waals surface area contributed by atoms with E-state index in [1.54, 1.807) is 0 Å². The van der Waals surface area contributed by atoms with E-state index in [9.17, 15) is 9.59 Å². The van der Waals surface area contributed by atoms with Crippen LogP contribution in [0.15, 0.2) is 0 Å². The highest BCUT2D eigenvalue weighted by Gasteiger charge is 2.49. The van der Waals surface area contributed by atoms with Crippen molar-refractivity contribution in [2.75, 3.05) is 7.11 Å². The number of nitrogens with two attached hydrogens (primary N) is 1. The Hall–Kier alpha value is -0.900. The minimum atomic E-state index is -1.07. The summed E-state index contributed by atoms with van der Waals surface area (Å²) >= 11 is 0. The number of hydrogen-bond acceptors (Lipinski definition) is 4. The number of methoxy groups -OCH3 is 1. The van der Waals surface area contributed by atoms with Crippen molar-refractivity contribution in [2.45, 2.75) is 57.4 Å². The molecule has 2 N–H and O–H groups in total. The zero-order valence-corrected chi connectivity index (χ0v) is 10.8. The minimum Gasteiger partial charge on any atom is -0.468 e. The average molecular weight is 241 g/mol. The number of Topliss-reactive ketones (excluding diaryl/α,β-unsaturated/α-hetero) is 1. The monoisotopic (exact) mass is 241 g/mol. The summed E-state index contributed by atoms with van der Waals surface area (Å²) in [4.78, 5) is 23.7. The zero-order valence-electron chi connectivity index (χ0n) is 10.8. The number of esters is 1. The lowest BCUT2D eigenvalue weighted by Gasteiger charge is -2.27. The number of unbranched alkanes of at least 4 members (excludes halogenated alkanes) is 2. The maximum atomic E-state index is 12.1. The largest absolute Gasteiger partial charge is 0.468 e. The molecule has 1 aliphatic rings. The average Bonchev–Trinajstić information content (AvgIpc) is 2.71. The molecule has 0 saturated heterocycles. The standard InChI is InChI=1S/C13H23NO3/c1-3-4-5-8-11(15)10-7-6-9-13(10,14)12(16)17-2/h10H,3-9,14H2,1-2H3. The second kappa shape index (κ2) is 6.15. The first-order valence-corrected chi connectivity index (χ1v) is 6.46. The molecule has 4 nitrogen and oxygen atoms in total. The maximum absolute atomic E-state index is 12.1. The Labute approximate surface area is 103 Å². The zero-order chi connectivity index (χ0) is 12.9. The molecule has 2 atom stereocenters. The van der Waals surface area contributed by atoms with Gasteiger partial charge >= 0.3 is 5.97 Å². The number of rotatable bonds is 6. The summed E-state index contributed by atoms with van der Waals surface area (Å²) < 4.78 is 4.73. The summed E-state index contributed by atoms with van der Waals surface area (Å²) in [6.45, 7) is 2.10. The maximum Gasteiger partial charge on any atom is 0.326 e. The highest BCUT2D eigenvalue weighted by Crippen LogP contribution is 2.36. The van der Waals surface area contributed by atoms with Gasteiger partial charge in [0, 0.05) is 12.3 Å². The second-order valence-electron chi connectivity index (χ2n) is 4.90. The van der Waals surface area contributed by atoms with E-state index in [-0.39, 0.29) is 11.7 Å². The smallest absolute Gasteiger partial charge is 0.326 e. The molecule has 0 aromatic rings. The predicted molar refractivity (Wildman–Crippen MR) is 65.4 cm³/mol. The third-order valence-corrected chi connectivity index (χ3v) is 3.69. The molecule has 0 aliphatic heterocycles. The van der Waals surface area contributed by atoms with Crippen molar-refractivity contribution in [3.63, 3.8) is 0 Å². The van der Waals surface area contributed by atoms with Gasteiger partial charge in [-0.05, 0) is 19.3 Å². The van der Waals surface area contributed by atoms with E-state index in [0.29, 0.717) is 12.8 Å². The van der Waals surface area contributed by atoms with Crippen LogP contribution in [0.5, 0.6) is 0 Å². The van der Waals surface area contributed by atoms with E-state index in [1.807, 2.05) is 0 Å². The normalized spacial score (nSPS) is 28.1. The Morgan fingerprint density at radius 1 is 1.41 bits per heavy atom. The molecule has 0 heterocycles. The number of carbonyl (C=O) groups is 2. The van der Waals surface area contributed by atoms with E-state index in [2.05, 4.69) is 6.92 Å². The summed E-state index contributed by atoms with van der Waals surface area (Å²) in [7, 11) is 1.33. The molecule has 4 heteroatoms. The van der Waals surface area contributed by atoms with Gasteiger partial charge in [-0.2, -0.15) is 0 Å². The molecule has 17 heavy (non-hydrogen) atoms. The highest BCUT2D eigenvalue weighted by molar-refractivity contribution is 5.92. The Morgan fingerprint density at radius 3 is 2.71 bits per heavy atom. The fourth-order valence-electron chi connectivity index (χ4n) is 2.64. The molecule has 98 valence electrons. The van der Waals surface area contributed by atoms with Crippen LogP contribution in [-0.2, 0) is 14.3 Å². The van der Waals surface area contributed by atoms with Crippen LogP contribution in [0, 0.1) is 5.92 Å². The third kappa shape index (κ3) is 3.06. The predicted octanol–water partition coefficient (Wildman–Crippen LogP) is 1.81. The third-order valence-electron chi connectivity index (χ3n) is 3.69. The Bertz CT molecular complexity index is 290. The first-order chi connectivity index (χ1) is 8.06. The van der Waals surface area contributed by atoms with Crippen molar-refractivity contribution in [3.05, 3.63) is 0 Å². The topological polar surface area (TPSA) is 69.4 Å². The Kier molecular flexibility index (Phi) is 5.12. The van der Waals surface area contributed by atoms with Gasteiger partial charge in [0.1, 0.15) is 11.3 Å². The molecule has 0 bridgehead atoms. The van der Waals surface area contributed by atoms with Crippen molar-refractivity contribution >= 4 is 11.8 Å². The van der Waals surface area contributed by atoms with Gasteiger partial charge < -0.3 is 10.5 Å². The van der Waals surface area contributed by atoms with Crippen LogP contribution in [0.3, 0.4) is 0 Å². The second-order valence-corrected chi connectivity index (χ2v) is 4.90. The number of ether oxygens (including phenoxy) is 1. The van der Waals surface area contributed by atoms with Crippen molar-refractivity contribution in [2.24, 2.45) is 11.7 Å². The van der Waals surface area contributed by atoms with Gasteiger partial charge in [0.05, 0.1) is 7.11 Å². The van der Waals surface area contributed by atoms with E-state index in [4.69, 9.17) is 10.5 Å². The van der Waals surface area contributed by atoms with Gasteiger partial charge in [0.25, 0.3) is 0 Å². The molecular formula is C13H23NO3. The van der Waals surface area contributed by atoms with Crippen LogP contribution >= 0.6 is 0 Å². The molecule has 1 saturated carbocycles. The van der Waals surface area contributed by atoms with Crippen LogP contribution in [-0.4, -0.2) is 24.4 Å². The van der Waals surface area contributed by atoms with Crippen molar-refractivity contribution in [3.8, 4) is 0 Å². The quantitative estimate of drug-likeness (QED) is 0.568. The first-order valence-electron chi connectivity index (χ1n) is 6.46. The summed E-state index contributed by atoms with van der Waals surface area (Å²) in [5.74, 6) is -0.653. The van der Waals surface area contributed by atoms with Gasteiger partial charge in [-0.15, -0.1) is 0 Å². The molecule has 1 rings (SSSR count). The number of ketones is 1. The fourth-order valence-corrected chi connectivity index (χ4v) is 2.64. The van der Waals surface area contributed by atoms with Gasteiger partial charge in [-0.1, -0.05) is 26.2 Å². The van der Waals surface area contributed by atoms with Gasteiger partial charge in [-0.25, -0.2) is 0 Å². The molecule has 0 amide bonds. The van der Waals surface area contributed by atoms with E-state index in [0.717, 1.165) is 32.1 Å². The van der Waals surface area contributed by atoms with Crippen LogP contribution < -0.4 is 5.73 Å². The number of hydrogen-bond donors (Lipinski definition) is 1. The first kappa shape index (κ1) is 14.2. The summed E-state index contributed by atoms with van der Waals surface area (Å²) in [6.07, 6.45) is 5.67. The van der Waals surface area contributed by atoms with Crippen LogP contribution in [0.4, 0.5) is 0 Å². The van der Waals surface area contributed by atoms with Crippen molar-refractivity contribution < 1.29 is 14.3 Å². The highest BCUT2D eigenvalue weighted by atomic mass is 16.5. The van der Waals surface area contributed by atoms with Gasteiger partial charge in [0.15, 0.2) is 0 Å². The molecule has 2 unspecified atom stereocenters. The lowest BCUT2D eigenvalue weighted by atomic mass is 9.83. The Morgan fingerprint density at radius 2 is 2.12 bits per heavy atom. The van der Waals surface area contributed by atoms with Crippen LogP contribution in [0.1, 0.15) is 51.9 Å². The van der Waals surface area contributed by atoms with E-state index < -0.39 is 11.5 Å².